The van der Waals surface area contributed by atoms with Gasteiger partial charge >= 0.3 is 5.91 Å². The van der Waals surface area contributed by atoms with Crippen LogP contribution in [0.4, 0.5) is 0 Å². The van der Waals surface area contributed by atoms with Gasteiger partial charge in [0.15, 0.2) is 11.4 Å². The summed E-state index contributed by atoms with van der Waals surface area (Å²) < 4.78 is 8.04. The summed E-state index contributed by atoms with van der Waals surface area (Å²) in [4.78, 5) is 29.6. The quantitative estimate of drug-likeness (QED) is 0.496. The number of para-hydroxylation sites is 1. The molecule has 0 bridgehead atoms. The molecule has 142 valence electrons. The Balaban J connectivity index is 1.50. The molecule has 0 radical (unpaired) electrons. The minimum absolute atomic E-state index is 0.0906. The number of nitrogens with one attached hydrogen (secondary N) is 1. The number of furan rings is 1. The number of carbonyl (C=O) groups excluding carboxylic acids is 1. The highest BCUT2D eigenvalue weighted by Crippen LogP contribution is 2.19. The number of hydrogen-bond acceptors (Lipinski definition) is 5. The Kier molecular flexibility index (Phi) is 3.92. The van der Waals surface area contributed by atoms with Crippen molar-refractivity contribution in [1.29, 1.82) is 0 Å². The van der Waals surface area contributed by atoms with Gasteiger partial charge < -0.3 is 4.42 Å². The Bertz CT molecular complexity index is 1420. The molecular formula is C20H12ClN5O3. The largest absolute Gasteiger partial charge is 0.451 e. The number of amides is 1. The van der Waals surface area contributed by atoms with Crippen LogP contribution in [0.15, 0.2) is 76.3 Å². The molecule has 0 atom stereocenters. The van der Waals surface area contributed by atoms with Crippen molar-refractivity contribution in [1.82, 2.24) is 19.4 Å². The van der Waals surface area contributed by atoms with Crippen LogP contribution in [-0.4, -0.2) is 25.3 Å². The van der Waals surface area contributed by atoms with E-state index in [1.807, 2.05) is 18.2 Å². The van der Waals surface area contributed by atoms with Gasteiger partial charge in [0.2, 0.25) is 0 Å². The zero-order valence-electron chi connectivity index (χ0n) is 14.7. The van der Waals surface area contributed by atoms with Crippen molar-refractivity contribution in [2.45, 2.75) is 0 Å². The van der Waals surface area contributed by atoms with Crippen LogP contribution in [0.5, 0.6) is 0 Å². The normalized spacial score (nSPS) is 11.2. The van der Waals surface area contributed by atoms with E-state index >= 15 is 0 Å². The van der Waals surface area contributed by atoms with E-state index in [9.17, 15) is 9.59 Å². The molecule has 0 aliphatic rings. The molecule has 0 fully saturated rings. The van der Waals surface area contributed by atoms with Crippen LogP contribution < -0.4 is 11.0 Å². The van der Waals surface area contributed by atoms with Crippen LogP contribution in [-0.2, 0) is 0 Å². The van der Waals surface area contributed by atoms with Crippen LogP contribution >= 0.6 is 11.6 Å². The van der Waals surface area contributed by atoms with Crippen LogP contribution in [0.3, 0.4) is 0 Å². The second kappa shape index (κ2) is 6.61. The molecule has 0 aliphatic heterocycles. The van der Waals surface area contributed by atoms with Gasteiger partial charge in [-0.05, 0) is 30.3 Å². The molecule has 1 amide bonds. The van der Waals surface area contributed by atoms with Crippen molar-refractivity contribution in [2.75, 3.05) is 5.43 Å². The predicted octanol–water partition coefficient (Wildman–Crippen LogP) is 3.37. The maximum absolute atomic E-state index is 12.8. The SMILES string of the molecule is O=C(Nn1cnc2c(cnn2-c2cccc(Cl)c2)c1=O)c1cc2ccccc2o1. The Labute approximate surface area is 167 Å². The van der Waals surface area contributed by atoms with Gasteiger partial charge in [-0.2, -0.15) is 5.10 Å². The average molecular weight is 406 g/mol. The van der Waals surface area contributed by atoms with E-state index in [2.05, 4.69) is 15.5 Å². The topological polar surface area (TPSA) is 95.0 Å². The van der Waals surface area contributed by atoms with Crippen molar-refractivity contribution in [3.8, 4) is 5.69 Å². The Hall–Kier alpha value is -3.91. The van der Waals surface area contributed by atoms with Gasteiger partial charge in [0.1, 0.15) is 17.3 Å². The highest BCUT2D eigenvalue weighted by atomic mass is 35.5. The summed E-state index contributed by atoms with van der Waals surface area (Å²) in [7, 11) is 0. The lowest BCUT2D eigenvalue weighted by Crippen LogP contribution is -2.33. The summed E-state index contributed by atoms with van der Waals surface area (Å²) in [5.74, 6) is -0.473. The minimum atomic E-state index is -0.563. The molecule has 0 saturated heterocycles. The zero-order chi connectivity index (χ0) is 20.0. The number of hydrogen-bond donors (Lipinski definition) is 1. The average Bonchev–Trinajstić information content (AvgIpc) is 3.34. The molecule has 29 heavy (non-hydrogen) atoms. The fourth-order valence-electron chi connectivity index (χ4n) is 3.05. The van der Waals surface area contributed by atoms with Crippen molar-refractivity contribution in [2.24, 2.45) is 0 Å². The Morgan fingerprint density at radius 1 is 1.10 bits per heavy atom. The molecule has 9 heteroatoms. The summed E-state index contributed by atoms with van der Waals surface area (Å²) in [5, 5.41) is 5.81. The minimum Gasteiger partial charge on any atom is -0.451 e. The molecule has 1 N–H and O–H groups in total. The number of carbonyl (C=O) groups is 1. The maximum atomic E-state index is 12.8. The predicted molar refractivity (Wildman–Crippen MR) is 108 cm³/mol. The third-order valence-electron chi connectivity index (χ3n) is 4.41. The van der Waals surface area contributed by atoms with Crippen LogP contribution in [0.25, 0.3) is 27.7 Å². The van der Waals surface area contributed by atoms with Crippen molar-refractivity contribution < 1.29 is 9.21 Å². The van der Waals surface area contributed by atoms with Crippen LogP contribution in [0.2, 0.25) is 5.02 Å². The monoisotopic (exact) mass is 405 g/mol. The number of benzene rings is 2. The zero-order valence-corrected chi connectivity index (χ0v) is 15.5. The van der Waals surface area contributed by atoms with Crippen molar-refractivity contribution >= 4 is 39.5 Å². The molecule has 3 aromatic heterocycles. The summed E-state index contributed by atoms with van der Waals surface area (Å²) in [6.45, 7) is 0. The van der Waals surface area contributed by atoms with Crippen LogP contribution in [0.1, 0.15) is 10.6 Å². The molecule has 0 saturated carbocycles. The van der Waals surface area contributed by atoms with Gasteiger partial charge in [0.25, 0.3) is 5.56 Å². The Morgan fingerprint density at radius 2 is 1.97 bits per heavy atom. The first-order valence-corrected chi connectivity index (χ1v) is 8.99. The molecule has 5 rings (SSSR count). The Morgan fingerprint density at radius 3 is 2.79 bits per heavy atom. The third-order valence-corrected chi connectivity index (χ3v) is 4.65. The fraction of sp³-hybridized carbons (Fsp3) is 0. The van der Waals surface area contributed by atoms with Gasteiger partial charge in [-0.25, -0.2) is 14.3 Å². The first-order chi connectivity index (χ1) is 14.1. The van der Waals surface area contributed by atoms with Gasteiger partial charge in [0, 0.05) is 10.4 Å². The van der Waals surface area contributed by atoms with Crippen molar-refractivity contribution in [3.63, 3.8) is 0 Å². The standard InChI is InChI=1S/C20H12ClN5O3/c21-13-5-3-6-14(9-13)26-18-15(10-23-26)20(28)25(11-22-18)24-19(27)17-8-12-4-1-2-7-16(12)29-17/h1-11H,(H,24,27). The van der Waals surface area contributed by atoms with E-state index in [0.717, 1.165) is 10.1 Å². The number of fused-ring (bicyclic) bond motifs is 2. The maximum Gasteiger partial charge on any atom is 0.305 e. The first kappa shape index (κ1) is 17.2. The molecule has 8 nitrogen and oxygen atoms in total. The summed E-state index contributed by atoms with van der Waals surface area (Å²) in [6, 6.07) is 15.9. The molecule has 0 unspecified atom stereocenters. The number of rotatable bonds is 3. The van der Waals surface area contributed by atoms with E-state index in [-0.39, 0.29) is 11.1 Å². The number of aromatic nitrogens is 4. The highest BCUT2D eigenvalue weighted by Gasteiger charge is 2.16. The van der Waals surface area contributed by atoms with Gasteiger partial charge in [-0.1, -0.05) is 35.9 Å². The molecule has 5 aromatic rings. The molecule has 0 spiro atoms. The lowest BCUT2D eigenvalue weighted by atomic mass is 10.2. The smallest absolute Gasteiger partial charge is 0.305 e. The third kappa shape index (κ3) is 2.95. The second-order valence-corrected chi connectivity index (χ2v) is 6.72. The van der Waals surface area contributed by atoms with Gasteiger partial charge in [-0.3, -0.25) is 15.0 Å². The van der Waals surface area contributed by atoms with E-state index in [0.29, 0.717) is 21.9 Å². The molecule has 0 aliphatic carbocycles. The van der Waals surface area contributed by atoms with E-state index in [1.165, 1.54) is 17.2 Å². The van der Waals surface area contributed by atoms with Crippen LogP contribution in [0, 0.1) is 0 Å². The lowest BCUT2D eigenvalue weighted by molar-refractivity contribution is 0.0982. The molecular weight excluding hydrogens is 394 g/mol. The van der Waals surface area contributed by atoms with Gasteiger partial charge in [-0.15, -0.1) is 0 Å². The number of nitrogens with zero attached hydrogens (tertiary/aromatic N) is 4. The first-order valence-electron chi connectivity index (χ1n) is 8.61. The van der Waals surface area contributed by atoms with E-state index in [4.69, 9.17) is 16.0 Å². The van der Waals surface area contributed by atoms with E-state index in [1.54, 1.807) is 36.4 Å². The van der Waals surface area contributed by atoms with Crippen molar-refractivity contribution in [3.05, 3.63) is 88.3 Å². The summed E-state index contributed by atoms with van der Waals surface area (Å²) in [5.41, 5.74) is 3.63. The summed E-state index contributed by atoms with van der Waals surface area (Å²) in [6.07, 6.45) is 2.63. The molecule has 2 aromatic carbocycles. The number of halogens is 1. The van der Waals surface area contributed by atoms with E-state index < -0.39 is 11.5 Å². The fourth-order valence-corrected chi connectivity index (χ4v) is 3.23. The molecule has 3 heterocycles. The summed E-state index contributed by atoms with van der Waals surface area (Å²) >= 11 is 6.03. The second-order valence-electron chi connectivity index (χ2n) is 6.28. The lowest BCUT2D eigenvalue weighted by Gasteiger charge is -2.07. The van der Waals surface area contributed by atoms with Gasteiger partial charge in [0.05, 0.1) is 11.9 Å². The highest BCUT2D eigenvalue weighted by molar-refractivity contribution is 6.30.